The fraction of sp³-hybridized carbons (Fsp3) is 0.500. The summed E-state index contributed by atoms with van der Waals surface area (Å²) >= 11 is 1.55. The molecule has 0 radical (unpaired) electrons. The maximum atomic E-state index is 12.9. The number of rotatable bonds is 1. The van der Waals surface area contributed by atoms with Crippen LogP contribution in [-0.4, -0.2) is 67.4 Å². The Kier molecular flexibility index (Phi) is 4.02. The summed E-state index contributed by atoms with van der Waals surface area (Å²) < 4.78 is 12.6. The van der Waals surface area contributed by atoms with E-state index in [2.05, 4.69) is 10.3 Å². The van der Waals surface area contributed by atoms with Crippen LogP contribution in [0.3, 0.4) is 0 Å². The molecule has 0 saturated carbocycles. The maximum absolute atomic E-state index is 12.9. The first-order chi connectivity index (χ1) is 11.3. The van der Waals surface area contributed by atoms with Crippen LogP contribution in [-0.2, 0) is 9.47 Å². The van der Waals surface area contributed by atoms with Gasteiger partial charge < -0.3 is 19.7 Å². The number of nitrogens with zero attached hydrogens (tertiary/aromatic N) is 2. The molecule has 2 saturated heterocycles. The minimum Gasteiger partial charge on any atom is -0.377 e. The highest BCUT2D eigenvalue weighted by Gasteiger charge is 2.39. The highest BCUT2D eigenvalue weighted by atomic mass is 32.1. The third-order valence-corrected chi connectivity index (χ3v) is 5.14. The summed E-state index contributed by atoms with van der Waals surface area (Å²) in [4.78, 5) is 19.0. The number of hydrogen-bond donors (Lipinski definition) is 1. The zero-order valence-electron chi connectivity index (χ0n) is 12.8. The fourth-order valence-corrected chi connectivity index (χ4v) is 3.87. The summed E-state index contributed by atoms with van der Waals surface area (Å²) in [6.45, 7) is 4.45. The molecule has 122 valence electrons. The molecule has 2 fully saturated rings. The molecule has 6 nitrogen and oxygen atoms in total. The Balaban J connectivity index is 1.55. The second-order valence-electron chi connectivity index (χ2n) is 6.02. The molecule has 1 atom stereocenters. The molecule has 2 aliphatic rings. The molecule has 23 heavy (non-hydrogen) atoms. The van der Waals surface area contributed by atoms with Crippen LogP contribution in [0, 0.1) is 0 Å². The number of fused-ring (bicyclic) bond motifs is 1. The van der Waals surface area contributed by atoms with Crippen LogP contribution >= 0.6 is 11.3 Å². The van der Waals surface area contributed by atoms with Gasteiger partial charge in [-0.25, -0.2) is 4.98 Å². The van der Waals surface area contributed by atoms with Gasteiger partial charge in [0.1, 0.15) is 5.60 Å². The fourth-order valence-electron chi connectivity index (χ4n) is 3.15. The van der Waals surface area contributed by atoms with Gasteiger partial charge in [0, 0.05) is 25.2 Å². The van der Waals surface area contributed by atoms with Crippen molar-refractivity contribution in [3.8, 4) is 0 Å². The van der Waals surface area contributed by atoms with E-state index in [9.17, 15) is 4.79 Å². The first-order valence-electron chi connectivity index (χ1n) is 7.81. The Hall–Kier alpha value is -1.54. The van der Waals surface area contributed by atoms with Crippen molar-refractivity contribution in [3.63, 3.8) is 0 Å². The predicted octanol–water partition coefficient (Wildman–Crippen LogP) is 1.13. The summed E-state index contributed by atoms with van der Waals surface area (Å²) in [6.07, 6.45) is 0. The Morgan fingerprint density at radius 3 is 3.30 bits per heavy atom. The molecule has 2 aliphatic heterocycles. The number of hydrogen-bond acceptors (Lipinski definition) is 6. The highest BCUT2D eigenvalue weighted by molar-refractivity contribution is 7.16. The van der Waals surface area contributed by atoms with Crippen molar-refractivity contribution < 1.29 is 14.3 Å². The summed E-state index contributed by atoms with van der Waals surface area (Å²) in [5.74, 6) is 0.0484. The van der Waals surface area contributed by atoms with Gasteiger partial charge in [0.05, 0.1) is 42.1 Å². The minimum atomic E-state index is -0.432. The van der Waals surface area contributed by atoms with E-state index in [0.717, 1.165) is 16.8 Å². The quantitative estimate of drug-likeness (QED) is 0.847. The van der Waals surface area contributed by atoms with Crippen LogP contribution in [0.15, 0.2) is 23.7 Å². The van der Waals surface area contributed by atoms with Crippen LogP contribution in [0.2, 0.25) is 0 Å². The monoisotopic (exact) mass is 333 g/mol. The first kappa shape index (κ1) is 15.0. The Labute approximate surface area is 138 Å². The zero-order valence-corrected chi connectivity index (χ0v) is 13.6. The van der Waals surface area contributed by atoms with Crippen molar-refractivity contribution in [1.29, 1.82) is 0 Å². The number of thiazole rings is 1. The molecule has 0 aliphatic carbocycles. The van der Waals surface area contributed by atoms with Crippen LogP contribution in [0.1, 0.15) is 10.4 Å². The number of carbonyl (C=O) groups is 1. The first-order valence-corrected chi connectivity index (χ1v) is 8.69. The van der Waals surface area contributed by atoms with E-state index in [-0.39, 0.29) is 5.91 Å². The van der Waals surface area contributed by atoms with Gasteiger partial charge in [-0.1, -0.05) is 0 Å². The Bertz CT molecular complexity index is 709. The molecular weight excluding hydrogens is 314 g/mol. The van der Waals surface area contributed by atoms with Gasteiger partial charge in [-0.15, -0.1) is 11.3 Å². The van der Waals surface area contributed by atoms with Gasteiger partial charge >= 0.3 is 0 Å². The molecule has 4 rings (SSSR count). The average Bonchev–Trinajstić information content (AvgIpc) is 2.94. The second kappa shape index (κ2) is 6.16. The van der Waals surface area contributed by atoms with E-state index >= 15 is 0 Å². The topological polar surface area (TPSA) is 63.7 Å². The van der Waals surface area contributed by atoms with E-state index in [1.165, 1.54) is 0 Å². The number of ether oxygens (including phenoxy) is 2. The normalized spacial score (nSPS) is 25.7. The van der Waals surface area contributed by atoms with E-state index in [0.29, 0.717) is 45.0 Å². The van der Waals surface area contributed by atoms with Crippen molar-refractivity contribution in [1.82, 2.24) is 15.2 Å². The molecule has 1 amide bonds. The largest absolute Gasteiger partial charge is 0.377 e. The summed E-state index contributed by atoms with van der Waals surface area (Å²) in [5, 5.41) is 3.33. The number of aromatic nitrogens is 1. The Morgan fingerprint density at radius 2 is 2.35 bits per heavy atom. The smallest absolute Gasteiger partial charge is 0.254 e. The van der Waals surface area contributed by atoms with Crippen molar-refractivity contribution in [2.75, 3.05) is 46.0 Å². The van der Waals surface area contributed by atoms with Crippen molar-refractivity contribution in [2.24, 2.45) is 0 Å². The second-order valence-corrected chi connectivity index (χ2v) is 6.91. The van der Waals surface area contributed by atoms with Gasteiger partial charge in [0.15, 0.2) is 0 Å². The lowest BCUT2D eigenvalue weighted by Crippen LogP contribution is -2.59. The SMILES string of the molecule is O=C(c1ccc2ncsc2c1)N1CCO[C@]2(CNCCOC2)C1. The van der Waals surface area contributed by atoms with Gasteiger partial charge in [-0.3, -0.25) is 4.79 Å². The molecule has 7 heteroatoms. The van der Waals surface area contributed by atoms with Crippen LogP contribution < -0.4 is 5.32 Å². The molecule has 2 aromatic rings. The van der Waals surface area contributed by atoms with Crippen LogP contribution in [0.4, 0.5) is 0 Å². The van der Waals surface area contributed by atoms with E-state index < -0.39 is 5.60 Å². The third kappa shape index (κ3) is 2.97. The lowest BCUT2D eigenvalue weighted by Gasteiger charge is -2.41. The number of benzene rings is 1. The van der Waals surface area contributed by atoms with Gasteiger partial charge in [0.25, 0.3) is 5.91 Å². The van der Waals surface area contributed by atoms with E-state index in [1.54, 1.807) is 16.8 Å². The Morgan fingerprint density at radius 1 is 1.39 bits per heavy atom. The summed E-state index contributed by atoms with van der Waals surface area (Å²) in [6, 6.07) is 5.69. The van der Waals surface area contributed by atoms with E-state index in [4.69, 9.17) is 9.47 Å². The van der Waals surface area contributed by atoms with Crippen molar-refractivity contribution in [2.45, 2.75) is 5.60 Å². The number of nitrogens with one attached hydrogen (secondary N) is 1. The minimum absolute atomic E-state index is 0.0484. The van der Waals surface area contributed by atoms with Crippen LogP contribution in [0.5, 0.6) is 0 Å². The zero-order chi connectivity index (χ0) is 15.7. The van der Waals surface area contributed by atoms with Gasteiger partial charge in [-0.2, -0.15) is 0 Å². The lowest BCUT2D eigenvalue weighted by atomic mass is 10.0. The van der Waals surface area contributed by atoms with Crippen molar-refractivity contribution >= 4 is 27.5 Å². The van der Waals surface area contributed by atoms with Crippen molar-refractivity contribution in [3.05, 3.63) is 29.3 Å². The van der Waals surface area contributed by atoms with Crippen LogP contribution in [0.25, 0.3) is 10.2 Å². The number of amides is 1. The number of morpholine rings is 1. The number of carbonyl (C=O) groups excluding carboxylic acids is 1. The molecule has 1 aromatic carbocycles. The van der Waals surface area contributed by atoms with Gasteiger partial charge in [0.2, 0.25) is 0 Å². The molecular formula is C16H19N3O3S. The standard InChI is InChI=1S/C16H19N3O3S/c20-15(12-1-2-13-14(7-12)23-11-18-13)19-4-6-22-16(9-19)8-17-3-5-21-10-16/h1-2,7,11,17H,3-6,8-10H2/t16-/m1/s1. The summed E-state index contributed by atoms with van der Waals surface area (Å²) in [7, 11) is 0. The molecule has 0 bridgehead atoms. The van der Waals surface area contributed by atoms with Gasteiger partial charge in [-0.05, 0) is 18.2 Å². The van der Waals surface area contributed by atoms with E-state index in [1.807, 2.05) is 23.1 Å². The lowest BCUT2D eigenvalue weighted by molar-refractivity contribution is -0.125. The molecule has 1 N–H and O–H groups in total. The molecule has 3 heterocycles. The molecule has 0 unspecified atom stereocenters. The summed E-state index contributed by atoms with van der Waals surface area (Å²) in [5.41, 5.74) is 3.02. The predicted molar refractivity (Wildman–Crippen MR) is 87.9 cm³/mol. The molecule has 1 aromatic heterocycles. The average molecular weight is 333 g/mol. The molecule has 1 spiro atoms. The third-order valence-electron chi connectivity index (χ3n) is 4.35. The maximum Gasteiger partial charge on any atom is 0.254 e. The highest BCUT2D eigenvalue weighted by Crippen LogP contribution is 2.23.